The van der Waals surface area contributed by atoms with Crippen LogP contribution >= 0.6 is 0 Å². The van der Waals surface area contributed by atoms with Crippen LogP contribution in [0.2, 0.25) is 0 Å². The number of hydrogen-bond acceptors (Lipinski definition) is 6. The number of amides is 1. The summed E-state index contributed by atoms with van der Waals surface area (Å²) in [6, 6.07) is 15.9. The Hall–Kier alpha value is -3.55. The molecule has 1 heterocycles. The van der Waals surface area contributed by atoms with Crippen molar-refractivity contribution in [3.63, 3.8) is 0 Å². The number of carbonyl (C=O) groups is 1. The molecule has 7 nitrogen and oxygen atoms in total. The van der Waals surface area contributed by atoms with Crippen LogP contribution in [0, 0.1) is 12.3 Å². The fourth-order valence-corrected chi connectivity index (χ4v) is 3.67. The normalized spacial score (nSPS) is 11.7. The average molecular weight is 445 g/mol. The van der Waals surface area contributed by atoms with Gasteiger partial charge in [-0.15, -0.1) is 0 Å². The van der Waals surface area contributed by atoms with E-state index in [0.29, 0.717) is 24.3 Å². The first kappa shape index (κ1) is 24.1. The molecule has 7 N–H and O–H groups in total. The number of nitrogen functional groups attached to an aromatic ring is 1. The van der Waals surface area contributed by atoms with Crippen LogP contribution in [0.3, 0.4) is 0 Å². The van der Waals surface area contributed by atoms with Crippen molar-refractivity contribution in [3.8, 4) is 11.1 Å². The molecule has 1 atom stereocenters. The second-order valence-electron chi connectivity index (χ2n) is 8.22. The number of hydrogen-bond donors (Lipinski definition) is 5. The maximum atomic E-state index is 12.6. The number of rotatable bonds is 10. The van der Waals surface area contributed by atoms with Gasteiger partial charge >= 0.3 is 0 Å². The molecule has 7 heteroatoms. The molecule has 0 aliphatic carbocycles. The number of aryl methyl sites for hydroxylation is 1. The summed E-state index contributed by atoms with van der Waals surface area (Å²) < 4.78 is 0. The fourth-order valence-electron chi connectivity index (χ4n) is 3.67. The van der Waals surface area contributed by atoms with Crippen LogP contribution in [0.25, 0.3) is 11.1 Å². The first-order valence-corrected chi connectivity index (χ1v) is 11.1. The zero-order valence-electron chi connectivity index (χ0n) is 19.2. The van der Waals surface area contributed by atoms with Gasteiger partial charge in [-0.2, -0.15) is 0 Å². The van der Waals surface area contributed by atoms with Crippen LogP contribution in [-0.2, 0) is 11.3 Å². The van der Waals surface area contributed by atoms with Gasteiger partial charge in [-0.1, -0.05) is 37.3 Å². The van der Waals surface area contributed by atoms with Gasteiger partial charge in [-0.05, 0) is 53.3 Å². The minimum Gasteiger partial charge on any atom is -0.383 e. The molecule has 0 radical (unpaired) electrons. The molecule has 0 bridgehead atoms. The van der Waals surface area contributed by atoms with Crippen molar-refractivity contribution in [2.45, 2.75) is 32.7 Å². The van der Waals surface area contributed by atoms with Gasteiger partial charge in [0.05, 0.1) is 0 Å². The Bertz CT molecular complexity index is 1110. The fraction of sp³-hybridized carbons (Fsp3) is 0.269. The van der Waals surface area contributed by atoms with Gasteiger partial charge in [0.15, 0.2) is 0 Å². The van der Waals surface area contributed by atoms with Crippen molar-refractivity contribution >= 4 is 23.6 Å². The summed E-state index contributed by atoms with van der Waals surface area (Å²) >= 11 is 0. The van der Waals surface area contributed by atoms with Crippen molar-refractivity contribution in [3.05, 3.63) is 77.0 Å². The molecule has 0 aliphatic heterocycles. The number of nitrogens with two attached hydrogens (primary N) is 2. The topological polar surface area (TPSA) is 130 Å². The second-order valence-corrected chi connectivity index (χ2v) is 8.22. The number of carbonyl (C=O) groups excluding carboxylic acids is 1. The molecule has 3 rings (SSSR count). The zero-order chi connectivity index (χ0) is 23.8. The number of pyridine rings is 1. The van der Waals surface area contributed by atoms with E-state index in [1.807, 2.05) is 62.4 Å². The predicted molar refractivity (Wildman–Crippen MR) is 136 cm³/mol. The minimum atomic E-state index is -0.0154. The molecule has 1 aromatic heterocycles. The van der Waals surface area contributed by atoms with Gasteiger partial charge in [-0.3, -0.25) is 4.79 Å². The number of nitrogens with one attached hydrogen (secondary N) is 3. The lowest BCUT2D eigenvalue weighted by Crippen LogP contribution is -2.22. The molecule has 0 aliphatic rings. The molecular weight excluding hydrogens is 412 g/mol. The lowest BCUT2D eigenvalue weighted by molar-refractivity contribution is -0.116. The third kappa shape index (κ3) is 6.47. The minimum absolute atomic E-state index is 0.0154. The summed E-state index contributed by atoms with van der Waals surface area (Å²) in [6.45, 7) is 6.24. The van der Waals surface area contributed by atoms with E-state index in [9.17, 15) is 4.79 Å². The van der Waals surface area contributed by atoms with Gasteiger partial charge < -0.3 is 27.5 Å². The molecule has 0 saturated carbocycles. The van der Waals surface area contributed by atoms with E-state index in [2.05, 4.69) is 15.6 Å². The predicted octanol–water partition coefficient (Wildman–Crippen LogP) is 3.82. The lowest BCUT2D eigenvalue weighted by atomic mass is 9.95. The zero-order valence-corrected chi connectivity index (χ0v) is 19.2. The average Bonchev–Trinajstić information content (AvgIpc) is 2.81. The van der Waals surface area contributed by atoms with Gasteiger partial charge in [0.2, 0.25) is 5.91 Å². The number of anilines is 2. The molecule has 0 unspecified atom stereocenters. The van der Waals surface area contributed by atoms with Gasteiger partial charge in [0.25, 0.3) is 0 Å². The summed E-state index contributed by atoms with van der Waals surface area (Å²) in [4.78, 5) is 16.8. The molecule has 2 aromatic carbocycles. The summed E-state index contributed by atoms with van der Waals surface area (Å²) in [6.07, 6.45) is 3.30. The van der Waals surface area contributed by atoms with E-state index in [1.54, 1.807) is 6.20 Å². The Morgan fingerprint density at radius 3 is 2.58 bits per heavy atom. The quantitative estimate of drug-likeness (QED) is 0.240. The largest absolute Gasteiger partial charge is 0.383 e. The van der Waals surface area contributed by atoms with E-state index in [4.69, 9.17) is 16.9 Å². The highest BCUT2D eigenvalue weighted by Crippen LogP contribution is 2.26. The Labute approximate surface area is 195 Å². The molecule has 172 valence electrons. The van der Waals surface area contributed by atoms with Crippen LogP contribution in [0.1, 0.15) is 41.5 Å². The summed E-state index contributed by atoms with van der Waals surface area (Å²) in [5.41, 5.74) is 18.0. The molecule has 33 heavy (non-hydrogen) atoms. The molecule has 0 saturated heterocycles. The van der Waals surface area contributed by atoms with E-state index >= 15 is 0 Å². The van der Waals surface area contributed by atoms with Gasteiger partial charge in [-0.25, -0.2) is 4.98 Å². The van der Waals surface area contributed by atoms with E-state index in [0.717, 1.165) is 41.0 Å². The van der Waals surface area contributed by atoms with Crippen molar-refractivity contribution < 1.29 is 4.79 Å². The number of benzene rings is 2. The van der Waals surface area contributed by atoms with E-state index in [-0.39, 0.29) is 11.8 Å². The van der Waals surface area contributed by atoms with Gasteiger partial charge in [0, 0.05) is 55.3 Å². The third-order valence-corrected chi connectivity index (χ3v) is 5.67. The summed E-state index contributed by atoms with van der Waals surface area (Å²) in [5.74, 6) is 0.401. The second kappa shape index (κ2) is 11.4. The number of nitrogens with zero attached hydrogens (tertiary/aromatic N) is 1. The highest BCUT2D eigenvalue weighted by molar-refractivity contribution is 5.91. The van der Waals surface area contributed by atoms with E-state index in [1.165, 1.54) is 11.8 Å². The Morgan fingerprint density at radius 2 is 1.91 bits per heavy atom. The van der Waals surface area contributed by atoms with Gasteiger partial charge in [0.1, 0.15) is 5.82 Å². The Morgan fingerprint density at radius 1 is 1.15 bits per heavy atom. The van der Waals surface area contributed by atoms with Crippen molar-refractivity contribution in [1.82, 2.24) is 10.3 Å². The standard InChI is InChI=1S/C26H32N6O/c1-17-11-24(8-7-21(17)15-30-10-9-27)32-25(33)12-18(2)19-3-5-20(6-4-19)23-13-22(14-28)26(29)31-16-23/h3-8,11,13-14,16,18,28,30H,9-10,12,15,27H2,1-2H3,(H2,29,31)(H,32,33)/t18-/m0/s1. The highest BCUT2D eigenvalue weighted by Gasteiger charge is 2.13. The lowest BCUT2D eigenvalue weighted by Gasteiger charge is -2.14. The Balaban J connectivity index is 1.59. The molecular formula is C26H32N6O. The smallest absolute Gasteiger partial charge is 0.224 e. The van der Waals surface area contributed by atoms with Crippen LogP contribution in [0.4, 0.5) is 11.5 Å². The summed E-state index contributed by atoms with van der Waals surface area (Å²) in [5, 5.41) is 13.7. The first-order chi connectivity index (χ1) is 15.9. The van der Waals surface area contributed by atoms with Crippen molar-refractivity contribution in [1.29, 1.82) is 5.41 Å². The van der Waals surface area contributed by atoms with Crippen LogP contribution < -0.4 is 22.1 Å². The summed E-state index contributed by atoms with van der Waals surface area (Å²) in [7, 11) is 0. The molecule has 1 amide bonds. The van der Waals surface area contributed by atoms with Crippen LogP contribution in [0.15, 0.2) is 54.7 Å². The van der Waals surface area contributed by atoms with Crippen molar-refractivity contribution in [2.75, 3.05) is 24.1 Å². The maximum absolute atomic E-state index is 12.6. The molecule has 0 fully saturated rings. The third-order valence-electron chi connectivity index (χ3n) is 5.67. The number of aromatic nitrogens is 1. The van der Waals surface area contributed by atoms with Crippen molar-refractivity contribution in [2.24, 2.45) is 5.73 Å². The monoisotopic (exact) mass is 444 g/mol. The molecule has 3 aromatic rings. The van der Waals surface area contributed by atoms with E-state index < -0.39 is 0 Å². The maximum Gasteiger partial charge on any atom is 0.224 e. The van der Waals surface area contributed by atoms with Crippen LogP contribution in [0.5, 0.6) is 0 Å². The molecule has 0 spiro atoms. The first-order valence-electron chi connectivity index (χ1n) is 11.1. The SMILES string of the molecule is Cc1cc(NC(=O)C[C@H](C)c2ccc(-c3cnc(N)c(C=N)c3)cc2)ccc1CNCCN. The Kier molecular flexibility index (Phi) is 8.29. The van der Waals surface area contributed by atoms with Crippen LogP contribution in [-0.4, -0.2) is 30.2 Å². The highest BCUT2D eigenvalue weighted by atomic mass is 16.1.